The second-order valence-electron chi connectivity index (χ2n) is 26.4. The van der Waals surface area contributed by atoms with Crippen LogP contribution in [-0.2, 0) is 14.3 Å². The summed E-state index contributed by atoms with van der Waals surface area (Å²) in [4.78, 5) is 13.2. The number of hydrogen-bond acceptors (Lipinski definition) is 8. The van der Waals surface area contributed by atoms with Gasteiger partial charge in [0.25, 0.3) is 0 Å². The first-order chi connectivity index (χ1) is 45.3. The average Bonchev–Trinajstić information content (AvgIpc) is 1.45. The molecule has 9 nitrogen and oxygen atoms in total. The fourth-order valence-electron chi connectivity index (χ4n) is 11.8. The summed E-state index contributed by atoms with van der Waals surface area (Å²) in [6.45, 7) is 3.75. The molecular formula is C83H145NO8. The molecule has 1 aliphatic heterocycles. The van der Waals surface area contributed by atoms with E-state index in [4.69, 9.17) is 9.47 Å². The summed E-state index contributed by atoms with van der Waals surface area (Å²) in [5.74, 6) is -0.153. The summed E-state index contributed by atoms with van der Waals surface area (Å²) in [6.07, 6.45) is 98.5. The van der Waals surface area contributed by atoms with Gasteiger partial charge < -0.3 is 40.3 Å². The number of unbranched alkanes of at least 4 members (excludes halogenated alkanes) is 37. The largest absolute Gasteiger partial charge is 0.394 e. The quantitative estimate of drug-likeness (QED) is 0.0261. The summed E-state index contributed by atoms with van der Waals surface area (Å²) in [5.41, 5.74) is 0. The van der Waals surface area contributed by atoms with Crippen molar-refractivity contribution in [1.82, 2.24) is 5.32 Å². The Bertz CT molecular complexity index is 1880. The number of carbonyl (C=O) groups excluding carboxylic acids is 1. The van der Waals surface area contributed by atoms with Gasteiger partial charge in [-0.3, -0.25) is 4.79 Å². The minimum atomic E-state index is -1.56. The van der Waals surface area contributed by atoms with E-state index in [2.05, 4.69) is 141 Å². The second-order valence-corrected chi connectivity index (χ2v) is 26.4. The van der Waals surface area contributed by atoms with E-state index in [1.807, 2.05) is 0 Å². The van der Waals surface area contributed by atoms with Gasteiger partial charge in [0.05, 0.1) is 25.4 Å². The van der Waals surface area contributed by atoms with E-state index in [0.717, 1.165) is 116 Å². The van der Waals surface area contributed by atoms with E-state index in [1.54, 1.807) is 0 Å². The van der Waals surface area contributed by atoms with Gasteiger partial charge in [-0.1, -0.05) is 367 Å². The van der Waals surface area contributed by atoms with Crippen LogP contribution in [0.5, 0.6) is 0 Å². The number of aliphatic hydroxyl groups excluding tert-OH is 5. The second kappa shape index (κ2) is 70.4. The molecule has 92 heavy (non-hydrogen) atoms. The Morgan fingerprint density at radius 1 is 0.380 bits per heavy atom. The number of hydrogen-bond donors (Lipinski definition) is 6. The third-order valence-corrected chi connectivity index (χ3v) is 17.8. The van der Waals surface area contributed by atoms with Crippen molar-refractivity contribution in [3.8, 4) is 0 Å². The lowest BCUT2D eigenvalue weighted by Crippen LogP contribution is -2.60. The minimum Gasteiger partial charge on any atom is -0.394 e. The van der Waals surface area contributed by atoms with Crippen molar-refractivity contribution in [2.45, 2.75) is 384 Å². The third-order valence-electron chi connectivity index (χ3n) is 17.8. The fraction of sp³-hybridized carbons (Fsp3) is 0.747. The number of carbonyl (C=O) groups is 1. The highest BCUT2D eigenvalue weighted by Gasteiger charge is 2.44. The first-order valence-electron chi connectivity index (χ1n) is 38.7. The van der Waals surface area contributed by atoms with Gasteiger partial charge in [-0.2, -0.15) is 0 Å². The number of amides is 1. The van der Waals surface area contributed by atoms with Crippen molar-refractivity contribution in [3.63, 3.8) is 0 Å². The lowest BCUT2D eigenvalue weighted by molar-refractivity contribution is -0.302. The Labute approximate surface area is 567 Å². The number of ether oxygens (including phenoxy) is 2. The predicted octanol–water partition coefficient (Wildman–Crippen LogP) is 22.1. The molecule has 1 aliphatic rings. The van der Waals surface area contributed by atoms with Crippen LogP contribution in [0.4, 0.5) is 0 Å². The van der Waals surface area contributed by atoms with Crippen molar-refractivity contribution in [1.29, 1.82) is 0 Å². The van der Waals surface area contributed by atoms with Crippen molar-refractivity contribution in [2.75, 3.05) is 13.2 Å². The fourth-order valence-corrected chi connectivity index (χ4v) is 11.8. The Hall–Kier alpha value is -3.41. The summed E-state index contributed by atoms with van der Waals surface area (Å²) < 4.78 is 11.4. The van der Waals surface area contributed by atoms with Gasteiger partial charge in [0.15, 0.2) is 6.29 Å². The Morgan fingerprint density at radius 3 is 1.00 bits per heavy atom. The van der Waals surface area contributed by atoms with Crippen LogP contribution in [0.1, 0.15) is 341 Å². The molecule has 7 atom stereocenters. The molecule has 7 unspecified atom stereocenters. The van der Waals surface area contributed by atoms with E-state index in [9.17, 15) is 30.3 Å². The maximum Gasteiger partial charge on any atom is 0.220 e. The molecule has 0 aliphatic carbocycles. The molecule has 9 heteroatoms. The number of aliphatic hydroxyl groups is 5. The Balaban J connectivity index is 2.12. The number of nitrogens with one attached hydrogen (secondary N) is 1. The highest BCUT2D eigenvalue weighted by molar-refractivity contribution is 5.76. The molecule has 0 bridgehead atoms. The van der Waals surface area contributed by atoms with Crippen LogP contribution in [-0.4, -0.2) is 87.5 Å². The van der Waals surface area contributed by atoms with Crippen LogP contribution < -0.4 is 5.32 Å². The average molecular weight is 1290 g/mol. The van der Waals surface area contributed by atoms with Crippen molar-refractivity contribution < 1.29 is 39.8 Å². The zero-order chi connectivity index (χ0) is 66.4. The maximum absolute atomic E-state index is 13.2. The molecule has 6 N–H and O–H groups in total. The lowest BCUT2D eigenvalue weighted by atomic mass is 9.99. The van der Waals surface area contributed by atoms with Gasteiger partial charge in [-0.05, 0) is 89.9 Å². The van der Waals surface area contributed by atoms with Gasteiger partial charge in [-0.25, -0.2) is 0 Å². The zero-order valence-corrected chi connectivity index (χ0v) is 59.5. The standard InChI is InChI=1S/C83H145NO8/c1-3-5-7-9-11-13-15-17-19-21-23-25-27-29-31-33-35-36-37-38-39-40-41-42-43-45-47-49-51-53-55-57-59-61-63-65-67-69-71-73-79(87)84-76(75-91-83-82(90)81(89)80(88)78(74-85)92-83)77(86)72-70-68-66-64-62-60-58-56-54-52-50-48-46-44-34-32-30-28-26-24-22-20-18-16-14-12-10-8-6-4-2/h5,7,11,13,17,19,23,25,29,31,35-36,38-39,41-42,45,47,51,53,76-78,80-83,85-86,88-90H,3-4,6,8-10,12,14-16,18,20-22,24,26-28,30,32-34,37,40,43-44,46,48-50,52,54-75H2,1-2H3,(H,84,87)/b7-5-,13-11-,19-17-,25-23-,31-29-,36-35-,39-38-,42-41-,47-45-,53-51-. The highest BCUT2D eigenvalue weighted by Crippen LogP contribution is 2.24. The summed E-state index contributed by atoms with van der Waals surface area (Å²) in [7, 11) is 0. The van der Waals surface area contributed by atoms with E-state index >= 15 is 0 Å². The van der Waals surface area contributed by atoms with Gasteiger partial charge in [0, 0.05) is 6.42 Å². The lowest BCUT2D eigenvalue weighted by Gasteiger charge is -2.40. The summed E-state index contributed by atoms with van der Waals surface area (Å²) in [5, 5.41) is 55.1. The monoisotopic (exact) mass is 1280 g/mol. The van der Waals surface area contributed by atoms with Crippen LogP contribution >= 0.6 is 0 Å². The topological polar surface area (TPSA) is 149 Å². The normalized spacial score (nSPS) is 18.4. The van der Waals surface area contributed by atoms with Crippen molar-refractivity contribution in [2.24, 2.45) is 0 Å². The van der Waals surface area contributed by atoms with Crippen molar-refractivity contribution in [3.05, 3.63) is 122 Å². The molecule has 0 spiro atoms. The van der Waals surface area contributed by atoms with Crippen molar-refractivity contribution >= 4 is 5.91 Å². The van der Waals surface area contributed by atoms with E-state index in [-0.39, 0.29) is 12.5 Å². The van der Waals surface area contributed by atoms with Gasteiger partial charge in [0.2, 0.25) is 5.91 Å². The first-order valence-corrected chi connectivity index (χ1v) is 38.7. The van der Waals surface area contributed by atoms with E-state index < -0.39 is 49.5 Å². The predicted molar refractivity (Wildman–Crippen MR) is 396 cm³/mol. The molecule has 0 aromatic heterocycles. The molecular weight excluding hydrogens is 1140 g/mol. The number of allylic oxidation sites excluding steroid dienone is 20. The Kier molecular flexibility index (Phi) is 66.3. The zero-order valence-electron chi connectivity index (χ0n) is 59.5. The van der Waals surface area contributed by atoms with Gasteiger partial charge in [-0.15, -0.1) is 0 Å². The summed E-state index contributed by atoms with van der Waals surface area (Å²) in [6, 6.07) is -0.734. The SMILES string of the molecule is CC/C=C\C/C=C\C/C=C\C/C=C\C/C=C\C/C=C\C/C=C\C/C=C\C/C=C\C/C=C\CCCCCCCCCCC(=O)NC(COC1OC(CO)C(O)C(O)C1O)C(O)CCCCCCCCCCCCCCCCCCCCCCCCCCCCCCCC. The van der Waals surface area contributed by atoms with E-state index in [0.29, 0.717) is 12.8 Å². The van der Waals surface area contributed by atoms with Crippen LogP contribution in [0.3, 0.4) is 0 Å². The minimum absolute atomic E-state index is 0.146. The summed E-state index contributed by atoms with van der Waals surface area (Å²) >= 11 is 0. The van der Waals surface area contributed by atoms with E-state index in [1.165, 1.54) is 199 Å². The molecule has 0 aromatic carbocycles. The molecule has 1 heterocycles. The molecule has 0 saturated carbocycles. The van der Waals surface area contributed by atoms with Gasteiger partial charge in [0.1, 0.15) is 24.4 Å². The molecule has 0 aromatic rings. The molecule has 1 fully saturated rings. The number of rotatable bonds is 67. The molecule has 530 valence electrons. The van der Waals surface area contributed by atoms with Crippen LogP contribution in [0.25, 0.3) is 0 Å². The maximum atomic E-state index is 13.2. The molecule has 1 saturated heterocycles. The molecule has 1 amide bonds. The van der Waals surface area contributed by atoms with Crippen LogP contribution in [0.2, 0.25) is 0 Å². The van der Waals surface area contributed by atoms with Crippen LogP contribution in [0.15, 0.2) is 122 Å². The van der Waals surface area contributed by atoms with Gasteiger partial charge >= 0.3 is 0 Å². The molecule has 0 radical (unpaired) electrons. The highest BCUT2D eigenvalue weighted by atomic mass is 16.7. The van der Waals surface area contributed by atoms with Crippen LogP contribution in [0, 0.1) is 0 Å². The molecule has 1 rings (SSSR count). The Morgan fingerprint density at radius 2 is 0.674 bits per heavy atom. The first kappa shape index (κ1) is 86.6. The smallest absolute Gasteiger partial charge is 0.220 e. The third kappa shape index (κ3) is 58.0.